The molecular weight excluding hydrogens is 354 g/mol. The van der Waals surface area contributed by atoms with Gasteiger partial charge in [-0.3, -0.25) is 9.59 Å². The molecule has 2 amide bonds. The third-order valence-corrected chi connectivity index (χ3v) is 4.73. The second-order valence-electron chi connectivity index (χ2n) is 5.67. The third-order valence-electron chi connectivity index (χ3n) is 3.54. The molecule has 0 fully saturated rings. The highest BCUT2D eigenvalue weighted by atomic mass is 32.2. The SMILES string of the molecule is CC(=O)Nc1cc(C(=O)NS(=O)(=O)Cc2ccccc2C#N)ccc1C. The number of nitrogens with zero attached hydrogens (tertiary/aromatic N) is 1. The van der Waals surface area contributed by atoms with Crippen LogP contribution in [-0.4, -0.2) is 20.2 Å². The average Bonchev–Trinajstić information content (AvgIpc) is 2.56. The Hall–Kier alpha value is -3.18. The van der Waals surface area contributed by atoms with Gasteiger partial charge in [-0.2, -0.15) is 5.26 Å². The van der Waals surface area contributed by atoms with E-state index in [1.165, 1.54) is 31.2 Å². The van der Waals surface area contributed by atoms with Gasteiger partial charge < -0.3 is 5.32 Å². The van der Waals surface area contributed by atoms with E-state index in [1.54, 1.807) is 25.1 Å². The van der Waals surface area contributed by atoms with Crippen LogP contribution < -0.4 is 10.0 Å². The van der Waals surface area contributed by atoms with Crippen molar-refractivity contribution in [2.75, 3.05) is 5.32 Å². The number of rotatable bonds is 5. The maximum absolute atomic E-state index is 12.3. The van der Waals surface area contributed by atoms with Crippen LogP contribution in [0.15, 0.2) is 42.5 Å². The molecule has 0 heterocycles. The molecule has 0 aliphatic carbocycles. The molecule has 0 atom stereocenters. The third kappa shape index (κ3) is 4.91. The number of benzene rings is 2. The molecule has 0 aliphatic heterocycles. The Balaban J connectivity index is 2.21. The summed E-state index contributed by atoms with van der Waals surface area (Å²) in [6, 6.07) is 12.7. The molecule has 7 nitrogen and oxygen atoms in total. The molecule has 0 aliphatic rings. The lowest BCUT2D eigenvalue weighted by Gasteiger charge is -2.11. The van der Waals surface area contributed by atoms with E-state index in [1.807, 2.05) is 10.8 Å². The van der Waals surface area contributed by atoms with Crippen LogP contribution in [0.2, 0.25) is 0 Å². The molecule has 2 rings (SSSR count). The zero-order valence-corrected chi connectivity index (χ0v) is 15.1. The molecule has 0 saturated carbocycles. The first-order valence-corrected chi connectivity index (χ1v) is 9.28. The lowest BCUT2D eigenvalue weighted by atomic mass is 10.1. The topological polar surface area (TPSA) is 116 Å². The van der Waals surface area contributed by atoms with Crippen LogP contribution in [0.4, 0.5) is 5.69 Å². The highest BCUT2D eigenvalue weighted by Crippen LogP contribution is 2.17. The number of sulfonamides is 1. The Bertz CT molecular complexity index is 1010. The van der Waals surface area contributed by atoms with Gasteiger partial charge in [-0.15, -0.1) is 0 Å². The molecule has 2 aromatic rings. The van der Waals surface area contributed by atoms with Gasteiger partial charge in [0.25, 0.3) is 5.91 Å². The molecular formula is C18H17N3O4S. The van der Waals surface area contributed by atoms with Crippen LogP contribution in [0.3, 0.4) is 0 Å². The molecule has 8 heteroatoms. The predicted octanol–water partition coefficient (Wildman–Crippen LogP) is 2.08. The lowest BCUT2D eigenvalue weighted by Crippen LogP contribution is -2.31. The van der Waals surface area contributed by atoms with Gasteiger partial charge in [-0.25, -0.2) is 13.1 Å². The Morgan fingerprint density at radius 3 is 2.50 bits per heavy atom. The van der Waals surface area contributed by atoms with Crippen LogP contribution in [0.5, 0.6) is 0 Å². The van der Waals surface area contributed by atoms with E-state index in [9.17, 15) is 18.0 Å². The number of hydrogen-bond acceptors (Lipinski definition) is 5. The highest BCUT2D eigenvalue weighted by Gasteiger charge is 2.19. The molecule has 0 radical (unpaired) electrons. The highest BCUT2D eigenvalue weighted by molar-refractivity contribution is 7.89. The second kappa shape index (κ2) is 7.80. The predicted molar refractivity (Wildman–Crippen MR) is 96.7 cm³/mol. The van der Waals surface area contributed by atoms with E-state index < -0.39 is 21.7 Å². The maximum atomic E-state index is 12.3. The number of amides is 2. The lowest BCUT2D eigenvalue weighted by molar-refractivity contribution is -0.114. The van der Waals surface area contributed by atoms with Crippen molar-refractivity contribution in [3.63, 3.8) is 0 Å². The van der Waals surface area contributed by atoms with Crippen molar-refractivity contribution in [2.24, 2.45) is 0 Å². The van der Waals surface area contributed by atoms with E-state index >= 15 is 0 Å². The molecule has 134 valence electrons. The largest absolute Gasteiger partial charge is 0.326 e. The summed E-state index contributed by atoms with van der Waals surface area (Å²) in [5.41, 5.74) is 1.79. The summed E-state index contributed by atoms with van der Waals surface area (Å²) in [7, 11) is -4.00. The molecule has 0 unspecified atom stereocenters. The molecule has 0 aromatic heterocycles. The van der Waals surface area contributed by atoms with E-state index in [0.29, 0.717) is 11.3 Å². The van der Waals surface area contributed by atoms with E-state index in [4.69, 9.17) is 5.26 Å². The van der Waals surface area contributed by atoms with Crippen molar-refractivity contribution in [1.29, 1.82) is 5.26 Å². The van der Waals surface area contributed by atoms with Gasteiger partial charge in [-0.1, -0.05) is 24.3 Å². The smallest absolute Gasteiger partial charge is 0.264 e. The van der Waals surface area contributed by atoms with E-state index in [0.717, 1.165) is 5.56 Å². The summed E-state index contributed by atoms with van der Waals surface area (Å²) in [5, 5.41) is 11.6. The van der Waals surface area contributed by atoms with Gasteiger partial charge in [0.05, 0.1) is 17.4 Å². The molecule has 2 N–H and O–H groups in total. The van der Waals surface area contributed by atoms with Crippen molar-refractivity contribution in [3.05, 3.63) is 64.7 Å². The van der Waals surface area contributed by atoms with Gasteiger partial charge in [0.15, 0.2) is 0 Å². The van der Waals surface area contributed by atoms with E-state index in [-0.39, 0.29) is 17.0 Å². The van der Waals surface area contributed by atoms with Crippen molar-refractivity contribution in [2.45, 2.75) is 19.6 Å². The summed E-state index contributed by atoms with van der Waals surface area (Å²) in [6.07, 6.45) is 0. The van der Waals surface area contributed by atoms with E-state index in [2.05, 4.69) is 5.32 Å². The number of aryl methyl sites for hydroxylation is 1. The minimum atomic E-state index is -4.00. The summed E-state index contributed by atoms with van der Waals surface area (Å²) in [4.78, 5) is 23.5. The summed E-state index contributed by atoms with van der Waals surface area (Å²) in [6.45, 7) is 3.09. The van der Waals surface area contributed by atoms with Crippen LogP contribution in [0.1, 0.15) is 34.0 Å². The Morgan fingerprint density at radius 2 is 1.85 bits per heavy atom. The second-order valence-corrected chi connectivity index (χ2v) is 7.39. The fourth-order valence-corrected chi connectivity index (χ4v) is 3.42. The zero-order chi connectivity index (χ0) is 19.3. The molecule has 0 bridgehead atoms. The molecule has 0 spiro atoms. The van der Waals surface area contributed by atoms with Gasteiger partial charge in [0.1, 0.15) is 0 Å². The average molecular weight is 371 g/mol. The van der Waals surface area contributed by atoms with Crippen LogP contribution in [0, 0.1) is 18.3 Å². The fourth-order valence-electron chi connectivity index (χ4n) is 2.28. The Kier molecular flexibility index (Phi) is 5.75. The van der Waals surface area contributed by atoms with Crippen molar-refractivity contribution >= 4 is 27.5 Å². The van der Waals surface area contributed by atoms with Gasteiger partial charge in [-0.05, 0) is 36.2 Å². The Labute approximate surface area is 151 Å². The van der Waals surface area contributed by atoms with Crippen molar-refractivity contribution in [1.82, 2.24) is 4.72 Å². The summed E-state index contributed by atoms with van der Waals surface area (Å²) >= 11 is 0. The number of anilines is 1. The first-order valence-electron chi connectivity index (χ1n) is 7.63. The Morgan fingerprint density at radius 1 is 1.15 bits per heavy atom. The number of hydrogen-bond donors (Lipinski definition) is 2. The minimum Gasteiger partial charge on any atom is -0.326 e. The number of carbonyl (C=O) groups excluding carboxylic acids is 2. The quantitative estimate of drug-likeness (QED) is 0.835. The minimum absolute atomic E-state index is 0.0940. The number of carbonyl (C=O) groups is 2. The number of nitrogens with one attached hydrogen (secondary N) is 2. The molecule has 0 saturated heterocycles. The fraction of sp³-hybridized carbons (Fsp3) is 0.167. The summed E-state index contributed by atoms with van der Waals surface area (Å²) in [5.74, 6) is -1.61. The van der Waals surface area contributed by atoms with Crippen molar-refractivity contribution in [3.8, 4) is 6.07 Å². The van der Waals surface area contributed by atoms with Crippen LogP contribution >= 0.6 is 0 Å². The van der Waals surface area contributed by atoms with Crippen molar-refractivity contribution < 1.29 is 18.0 Å². The summed E-state index contributed by atoms with van der Waals surface area (Å²) < 4.78 is 26.5. The van der Waals surface area contributed by atoms with Crippen LogP contribution in [0.25, 0.3) is 0 Å². The molecule has 26 heavy (non-hydrogen) atoms. The van der Waals surface area contributed by atoms with Gasteiger partial charge in [0, 0.05) is 18.2 Å². The number of nitriles is 1. The first-order chi connectivity index (χ1) is 12.2. The molecule has 2 aromatic carbocycles. The van der Waals surface area contributed by atoms with Gasteiger partial charge >= 0.3 is 0 Å². The normalized spacial score (nSPS) is 10.7. The van der Waals surface area contributed by atoms with Gasteiger partial charge in [0.2, 0.25) is 15.9 Å². The zero-order valence-electron chi connectivity index (χ0n) is 14.2. The first kappa shape index (κ1) is 19.1. The monoisotopic (exact) mass is 371 g/mol. The standard InChI is InChI=1S/C18H17N3O4S/c1-12-7-8-14(9-17(12)20-13(2)22)18(23)21-26(24,25)11-16-6-4-3-5-15(16)10-19/h3-9H,11H2,1-2H3,(H,20,22)(H,21,23). The van der Waals surface area contributed by atoms with Crippen LogP contribution in [-0.2, 0) is 20.6 Å². The maximum Gasteiger partial charge on any atom is 0.264 e.